The van der Waals surface area contributed by atoms with Crippen molar-refractivity contribution in [1.29, 1.82) is 0 Å². The molecule has 0 atom stereocenters. The number of rotatable bonds is 7. The highest BCUT2D eigenvalue weighted by atomic mass is 32.1. The molecule has 0 aliphatic heterocycles. The number of thiophene rings is 1. The number of para-hydroxylation sites is 3. The highest BCUT2D eigenvalue weighted by molar-refractivity contribution is 7.25. The van der Waals surface area contributed by atoms with Crippen LogP contribution in [0.3, 0.4) is 0 Å². The molecule has 1 heterocycles. The monoisotopic (exact) mass is 594 g/mol. The molecule has 0 amide bonds. The smallest absolute Gasteiger partial charge is 0.0476 e. The molecule has 0 N–H and O–H groups in total. The van der Waals surface area contributed by atoms with Crippen molar-refractivity contribution >= 4 is 65.6 Å². The molecular weight excluding hydrogens is 565 g/mol. The van der Waals surface area contributed by atoms with Crippen LogP contribution in [-0.4, -0.2) is 0 Å². The number of hydrogen-bond donors (Lipinski definition) is 0. The molecule has 0 saturated carbocycles. The Balaban J connectivity index is 1.22. The highest BCUT2D eigenvalue weighted by Crippen LogP contribution is 2.42. The van der Waals surface area contributed by atoms with E-state index in [0.29, 0.717) is 0 Å². The maximum absolute atomic E-state index is 2.36. The van der Waals surface area contributed by atoms with Crippen LogP contribution < -0.4 is 9.80 Å². The summed E-state index contributed by atoms with van der Waals surface area (Å²) in [4.78, 5) is 4.67. The molecule has 214 valence electrons. The van der Waals surface area contributed by atoms with Gasteiger partial charge < -0.3 is 9.80 Å². The Bertz CT molecular complexity index is 2180. The first-order chi connectivity index (χ1) is 22.3. The van der Waals surface area contributed by atoms with Gasteiger partial charge in [0.05, 0.1) is 0 Å². The lowest BCUT2D eigenvalue weighted by Gasteiger charge is -2.27. The standard InChI is InChI=1S/C42H30N2S/c1-4-16-33(17-5-1)43(34-18-6-2-7-19-34)36-22-12-14-31(28-36)32-15-13-23-37(29-32)44(35-20-8-3-9-21-35)38-26-27-40-39-24-10-11-25-41(39)45-42(40)30-38/h1-30H. The van der Waals surface area contributed by atoms with E-state index in [-0.39, 0.29) is 0 Å². The molecule has 0 fully saturated rings. The number of fused-ring (bicyclic) bond motifs is 3. The molecule has 0 aliphatic rings. The summed E-state index contributed by atoms with van der Waals surface area (Å²) in [5.74, 6) is 0. The molecule has 0 unspecified atom stereocenters. The minimum absolute atomic E-state index is 1.12. The van der Waals surface area contributed by atoms with E-state index in [0.717, 1.165) is 34.1 Å². The molecule has 0 spiro atoms. The average Bonchev–Trinajstić information content (AvgIpc) is 3.48. The van der Waals surface area contributed by atoms with Gasteiger partial charge in [0.15, 0.2) is 0 Å². The third-order valence-electron chi connectivity index (χ3n) is 8.21. The Kier molecular flexibility index (Phi) is 7.07. The summed E-state index contributed by atoms with van der Waals surface area (Å²) in [5.41, 5.74) is 9.09. The van der Waals surface area contributed by atoms with E-state index in [9.17, 15) is 0 Å². The van der Waals surface area contributed by atoms with Crippen molar-refractivity contribution < 1.29 is 0 Å². The van der Waals surface area contributed by atoms with Gasteiger partial charge in [0.25, 0.3) is 0 Å². The first kappa shape index (κ1) is 26.9. The van der Waals surface area contributed by atoms with Crippen LogP contribution in [0.4, 0.5) is 34.1 Å². The highest BCUT2D eigenvalue weighted by Gasteiger charge is 2.16. The van der Waals surface area contributed by atoms with Crippen LogP contribution >= 0.6 is 11.3 Å². The van der Waals surface area contributed by atoms with Gasteiger partial charge in [-0.05, 0) is 90.0 Å². The Labute approximate surface area is 267 Å². The normalized spacial score (nSPS) is 11.1. The van der Waals surface area contributed by atoms with Crippen molar-refractivity contribution in [3.8, 4) is 11.1 Å². The van der Waals surface area contributed by atoms with Crippen LogP contribution in [0, 0.1) is 0 Å². The predicted molar refractivity (Wildman–Crippen MR) is 194 cm³/mol. The molecule has 0 radical (unpaired) electrons. The summed E-state index contributed by atoms with van der Waals surface area (Å²) in [6.07, 6.45) is 0. The van der Waals surface area contributed by atoms with E-state index in [1.54, 1.807) is 0 Å². The molecule has 3 heteroatoms. The van der Waals surface area contributed by atoms with Crippen molar-refractivity contribution in [3.63, 3.8) is 0 Å². The van der Waals surface area contributed by atoms with E-state index in [1.165, 1.54) is 31.3 Å². The van der Waals surface area contributed by atoms with Crippen LogP contribution in [0.2, 0.25) is 0 Å². The molecule has 8 rings (SSSR count). The zero-order valence-corrected chi connectivity index (χ0v) is 25.4. The van der Waals surface area contributed by atoms with E-state index in [2.05, 4.69) is 192 Å². The zero-order chi connectivity index (χ0) is 30.0. The van der Waals surface area contributed by atoms with Crippen molar-refractivity contribution in [3.05, 3.63) is 182 Å². The number of anilines is 6. The number of hydrogen-bond acceptors (Lipinski definition) is 3. The average molecular weight is 595 g/mol. The third-order valence-corrected chi connectivity index (χ3v) is 9.34. The van der Waals surface area contributed by atoms with Crippen LogP contribution in [0.25, 0.3) is 31.3 Å². The first-order valence-corrected chi connectivity index (χ1v) is 16.0. The van der Waals surface area contributed by atoms with Crippen molar-refractivity contribution in [2.24, 2.45) is 0 Å². The molecule has 0 bridgehead atoms. The maximum atomic E-state index is 2.36. The van der Waals surface area contributed by atoms with Gasteiger partial charge in [-0.15, -0.1) is 11.3 Å². The second-order valence-corrected chi connectivity index (χ2v) is 12.1. The van der Waals surface area contributed by atoms with Crippen molar-refractivity contribution in [1.82, 2.24) is 0 Å². The van der Waals surface area contributed by atoms with Gasteiger partial charge >= 0.3 is 0 Å². The molecule has 2 nitrogen and oxygen atoms in total. The fourth-order valence-electron chi connectivity index (χ4n) is 6.13. The number of nitrogens with zero attached hydrogens (tertiary/aromatic N) is 2. The lowest BCUT2D eigenvalue weighted by atomic mass is 10.0. The molecule has 0 saturated heterocycles. The summed E-state index contributed by atoms with van der Waals surface area (Å²) < 4.78 is 2.61. The van der Waals surface area contributed by atoms with Crippen LogP contribution in [-0.2, 0) is 0 Å². The lowest BCUT2D eigenvalue weighted by molar-refractivity contribution is 1.28. The summed E-state index contributed by atoms with van der Waals surface area (Å²) >= 11 is 1.85. The second kappa shape index (κ2) is 11.8. The summed E-state index contributed by atoms with van der Waals surface area (Å²) in [6, 6.07) is 65.0. The van der Waals surface area contributed by atoms with E-state index < -0.39 is 0 Å². The van der Waals surface area contributed by atoms with E-state index >= 15 is 0 Å². The summed E-state index contributed by atoms with van der Waals surface area (Å²) in [6.45, 7) is 0. The van der Waals surface area contributed by atoms with Crippen LogP contribution in [0.15, 0.2) is 182 Å². The largest absolute Gasteiger partial charge is 0.310 e. The van der Waals surface area contributed by atoms with Gasteiger partial charge in [0, 0.05) is 54.3 Å². The predicted octanol–water partition coefficient (Wildman–Crippen LogP) is 12.7. The quantitative estimate of drug-likeness (QED) is 0.181. The fourth-order valence-corrected chi connectivity index (χ4v) is 7.27. The van der Waals surface area contributed by atoms with Gasteiger partial charge in [-0.2, -0.15) is 0 Å². The third kappa shape index (κ3) is 5.24. The molecule has 7 aromatic carbocycles. The van der Waals surface area contributed by atoms with Gasteiger partial charge in [-0.1, -0.05) is 103 Å². The Morgan fingerprint density at radius 2 is 0.711 bits per heavy atom. The molecule has 45 heavy (non-hydrogen) atoms. The number of benzene rings is 7. The molecule has 1 aromatic heterocycles. The first-order valence-electron chi connectivity index (χ1n) is 15.2. The SMILES string of the molecule is c1ccc(N(c2ccccc2)c2cccc(-c3cccc(N(c4ccccc4)c4ccc5c(c4)sc4ccccc45)c3)c2)cc1. The minimum Gasteiger partial charge on any atom is -0.310 e. The zero-order valence-electron chi connectivity index (χ0n) is 24.6. The molecule has 0 aliphatic carbocycles. The molecular formula is C42H30N2S. The lowest BCUT2D eigenvalue weighted by Crippen LogP contribution is -2.10. The Morgan fingerprint density at radius 3 is 1.27 bits per heavy atom. The van der Waals surface area contributed by atoms with Crippen molar-refractivity contribution in [2.75, 3.05) is 9.80 Å². The topological polar surface area (TPSA) is 6.48 Å². The van der Waals surface area contributed by atoms with Gasteiger partial charge in [0.1, 0.15) is 0 Å². The summed E-state index contributed by atoms with van der Waals surface area (Å²) in [5, 5.41) is 2.62. The fraction of sp³-hybridized carbons (Fsp3) is 0. The van der Waals surface area contributed by atoms with E-state index in [4.69, 9.17) is 0 Å². The summed E-state index contributed by atoms with van der Waals surface area (Å²) in [7, 11) is 0. The van der Waals surface area contributed by atoms with Crippen LogP contribution in [0.1, 0.15) is 0 Å². The maximum Gasteiger partial charge on any atom is 0.0476 e. The van der Waals surface area contributed by atoms with Gasteiger partial charge in [0.2, 0.25) is 0 Å². The minimum atomic E-state index is 1.12. The Morgan fingerprint density at radius 1 is 0.289 bits per heavy atom. The second-order valence-electron chi connectivity index (χ2n) is 11.1. The van der Waals surface area contributed by atoms with Gasteiger partial charge in [-0.3, -0.25) is 0 Å². The van der Waals surface area contributed by atoms with Crippen molar-refractivity contribution in [2.45, 2.75) is 0 Å². The van der Waals surface area contributed by atoms with Gasteiger partial charge in [-0.25, -0.2) is 0 Å². The van der Waals surface area contributed by atoms with Crippen LogP contribution in [0.5, 0.6) is 0 Å². The Hall–Kier alpha value is -5.64. The van der Waals surface area contributed by atoms with E-state index in [1.807, 2.05) is 11.3 Å². The molecule has 8 aromatic rings.